The fourth-order valence-corrected chi connectivity index (χ4v) is 4.18. The molecule has 7 heteroatoms. The lowest BCUT2D eigenvalue weighted by Gasteiger charge is -2.37. The highest BCUT2D eigenvalue weighted by atomic mass is 32.2. The molecule has 6 nitrogen and oxygen atoms in total. The second-order valence-electron chi connectivity index (χ2n) is 7.30. The van der Waals surface area contributed by atoms with Crippen molar-refractivity contribution in [3.63, 3.8) is 0 Å². The van der Waals surface area contributed by atoms with Crippen LogP contribution in [0.3, 0.4) is 0 Å². The molecule has 0 N–H and O–H groups in total. The molecule has 1 aromatic heterocycles. The van der Waals surface area contributed by atoms with E-state index in [1.54, 1.807) is 30.5 Å². The number of benzene rings is 1. The average Bonchev–Trinajstić information content (AvgIpc) is 2.57. The molecule has 1 aromatic carbocycles. The molecular formula is C19H21N3O3S. The Kier molecular flexibility index (Phi) is 4.74. The minimum Gasteiger partial charge on any atom is -0.471 e. The van der Waals surface area contributed by atoms with Crippen molar-refractivity contribution in [3.8, 4) is 11.9 Å². The van der Waals surface area contributed by atoms with Crippen molar-refractivity contribution in [2.45, 2.75) is 37.2 Å². The van der Waals surface area contributed by atoms with Gasteiger partial charge in [0.15, 0.2) is 0 Å². The van der Waals surface area contributed by atoms with Gasteiger partial charge in [-0.1, -0.05) is 32.9 Å². The number of nitrogens with zero attached hydrogens (tertiary/aromatic N) is 3. The summed E-state index contributed by atoms with van der Waals surface area (Å²) in [6, 6.07) is 12.3. The van der Waals surface area contributed by atoms with Crippen molar-refractivity contribution in [1.82, 2.24) is 9.29 Å². The minimum atomic E-state index is -3.54. The Hall–Kier alpha value is -2.43. The summed E-state index contributed by atoms with van der Waals surface area (Å²) in [7, 11) is -3.54. The minimum absolute atomic E-state index is 0.0287. The van der Waals surface area contributed by atoms with Crippen molar-refractivity contribution >= 4 is 10.0 Å². The van der Waals surface area contributed by atoms with Gasteiger partial charge in [-0.25, -0.2) is 13.4 Å². The zero-order valence-corrected chi connectivity index (χ0v) is 15.8. The first-order chi connectivity index (χ1) is 12.2. The van der Waals surface area contributed by atoms with Gasteiger partial charge in [-0.05, 0) is 35.2 Å². The van der Waals surface area contributed by atoms with Gasteiger partial charge in [0.25, 0.3) is 0 Å². The molecule has 0 atom stereocenters. The van der Waals surface area contributed by atoms with Gasteiger partial charge < -0.3 is 4.74 Å². The molecule has 0 aliphatic carbocycles. The summed E-state index contributed by atoms with van der Waals surface area (Å²) in [6.07, 6.45) is 1.24. The van der Waals surface area contributed by atoms with Gasteiger partial charge in [0.1, 0.15) is 17.7 Å². The second kappa shape index (κ2) is 6.71. The summed E-state index contributed by atoms with van der Waals surface area (Å²) in [5, 5.41) is 9.06. The molecule has 0 unspecified atom stereocenters. The van der Waals surface area contributed by atoms with E-state index in [2.05, 4.69) is 25.8 Å². The molecule has 1 aliphatic rings. The van der Waals surface area contributed by atoms with Crippen molar-refractivity contribution in [1.29, 1.82) is 5.26 Å². The largest absolute Gasteiger partial charge is 0.471 e. The molecule has 2 aromatic rings. The molecule has 0 amide bonds. The lowest BCUT2D eigenvalue weighted by Crippen LogP contribution is -2.56. The Morgan fingerprint density at radius 1 is 1.19 bits per heavy atom. The predicted molar refractivity (Wildman–Crippen MR) is 97.3 cm³/mol. The molecule has 0 radical (unpaired) electrons. The summed E-state index contributed by atoms with van der Waals surface area (Å²) in [6.45, 7) is 6.73. The van der Waals surface area contributed by atoms with Gasteiger partial charge in [0.05, 0.1) is 18.0 Å². The van der Waals surface area contributed by atoms with Crippen molar-refractivity contribution < 1.29 is 13.2 Å². The molecule has 1 saturated heterocycles. The lowest BCUT2D eigenvalue weighted by molar-refractivity contribution is 0.0718. The van der Waals surface area contributed by atoms with Crippen LogP contribution in [0.1, 0.15) is 31.9 Å². The number of hydrogen-bond acceptors (Lipinski definition) is 5. The number of rotatable bonds is 4. The molecule has 1 fully saturated rings. The van der Waals surface area contributed by atoms with E-state index in [1.807, 2.05) is 18.2 Å². The highest BCUT2D eigenvalue weighted by Crippen LogP contribution is 2.28. The number of hydrogen-bond donors (Lipinski definition) is 0. The van der Waals surface area contributed by atoms with E-state index in [-0.39, 0.29) is 35.4 Å². The van der Waals surface area contributed by atoms with Crippen molar-refractivity contribution in [3.05, 3.63) is 53.7 Å². The SMILES string of the molecule is CC(C)(C)c1ccc(S(=O)(=O)N2CC(Oc3ncccc3C#N)C2)cc1. The monoisotopic (exact) mass is 371 g/mol. The maximum Gasteiger partial charge on any atom is 0.243 e. The summed E-state index contributed by atoms with van der Waals surface area (Å²) >= 11 is 0. The van der Waals surface area contributed by atoms with Crippen LogP contribution >= 0.6 is 0 Å². The quantitative estimate of drug-likeness (QED) is 0.825. The first kappa shape index (κ1) is 18.4. The zero-order valence-electron chi connectivity index (χ0n) is 15.0. The van der Waals surface area contributed by atoms with Gasteiger partial charge in [0.2, 0.25) is 15.9 Å². The summed E-state index contributed by atoms with van der Waals surface area (Å²) in [5.74, 6) is 0.242. The highest BCUT2D eigenvalue weighted by Gasteiger charge is 2.38. The number of ether oxygens (including phenoxy) is 1. The maximum absolute atomic E-state index is 12.7. The molecule has 136 valence electrons. The summed E-state index contributed by atoms with van der Waals surface area (Å²) in [5.41, 5.74) is 1.39. The third-order valence-corrected chi connectivity index (χ3v) is 6.19. The van der Waals surface area contributed by atoms with E-state index >= 15 is 0 Å². The molecule has 2 heterocycles. The number of pyridine rings is 1. The first-order valence-corrected chi connectivity index (χ1v) is 9.78. The summed E-state index contributed by atoms with van der Waals surface area (Å²) < 4.78 is 32.4. The number of aromatic nitrogens is 1. The molecule has 0 spiro atoms. The molecule has 0 bridgehead atoms. The van der Waals surface area contributed by atoms with E-state index in [0.717, 1.165) is 5.56 Å². The fourth-order valence-electron chi connectivity index (χ4n) is 2.68. The molecule has 1 aliphatic heterocycles. The standard InChI is InChI=1S/C19H21N3O3S/c1-19(2,3)15-6-8-17(9-7-15)26(23,24)22-12-16(13-22)25-18-14(11-20)5-4-10-21-18/h4-10,16H,12-13H2,1-3H3. The second-order valence-corrected chi connectivity index (χ2v) is 9.24. The smallest absolute Gasteiger partial charge is 0.243 e. The third kappa shape index (κ3) is 3.57. The van der Waals surface area contributed by atoms with Crippen LogP contribution in [0.4, 0.5) is 0 Å². The van der Waals surface area contributed by atoms with E-state index in [1.165, 1.54) is 4.31 Å². The average molecular weight is 371 g/mol. The zero-order chi connectivity index (χ0) is 18.9. The van der Waals surface area contributed by atoms with Crippen molar-refractivity contribution in [2.24, 2.45) is 0 Å². The molecule has 3 rings (SSSR count). The van der Waals surface area contributed by atoms with Crippen LogP contribution in [0, 0.1) is 11.3 Å². The Bertz CT molecular complexity index is 935. The van der Waals surface area contributed by atoms with Gasteiger partial charge in [-0.3, -0.25) is 0 Å². The molecular weight excluding hydrogens is 350 g/mol. The van der Waals surface area contributed by atoms with Crippen LogP contribution in [0.15, 0.2) is 47.5 Å². The van der Waals surface area contributed by atoms with Crippen LogP contribution in [-0.4, -0.2) is 36.9 Å². The van der Waals surface area contributed by atoms with Crippen molar-refractivity contribution in [2.75, 3.05) is 13.1 Å². The Morgan fingerprint density at radius 2 is 1.85 bits per heavy atom. The fraction of sp³-hybridized carbons (Fsp3) is 0.368. The topological polar surface area (TPSA) is 83.3 Å². The van der Waals surface area contributed by atoms with Crippen LogP contribution in [0.25, 0.3) is 0 Å². The van der Waals surface area contributed by atoms with E-state index in [4.69, 9.17) is 10.00 Å². The van der Waals surface area contributed by atoms with E-state index in [9.17, 15) is 8.42 Å². The van der Waals surface area contributed by atoms with E-state index in [0.29, 0.717) is 5.56 Å². The predicted octanol–water partition coefficient (Wildman–Crippen LogP) is 2.70. The summed E-state index contributed by atoms with van der Waals surface area (Å²) in [4.78, 5) is 4.31. The third-order valence-electron chi connectivity index (χ3n) is 4.34. The molecule has 0 saturated carbocycles. The van der Waals surface area contributed by atoms with Crippen LogP contribution in [-0.2, 0) is 15.4 Å². The Balaban J connectivity index is 1.67. The highest BCUT2D eigenvalue weighted by molar-refractivity contribution is 7.89. The van der Waals surface area contributed by atoms with Gasteiger partial charge in [0, 0.05) is 6.20 Å². The van der Waals surface area contributed by atoms with Gasteiger partial charge in [-0.2, -0.15) is 9.57 Å². The van der Waals surface area contributed by atoms with E-state index < -0.39 is 10.0 Å². The first-order valence-electron chi connectivity index (χ1n) is 8.34. The number of sulfonamides is 1. The normalized spacial score (nSPS) is 15.9. The van der Waals surface area contributed by atoms with Crippen LogP contribution in [0.5, 0.6) is 5.88 Å². The van der Waals surface area contributed by atoms with Crippen LogP contribution < -0.4 is 4.74 Å². The molecule has 26 heavy (non-hydrogen) atoms. The number of nitriles is 1. The Labute approximate surface area is 154 Å². The lowest BCUT2D eigenvalue weighted by atomic mass is 9.87. The van der Waals surface area contributed by atoms with Gasteiger partial charge >= 0.3 is 0 Å². The Morgan fingerprint density at radius 3 is 2.42 bits per heavy atom. The van der Waals surface area contributed by atoms with Gasteiger partial charge in [-0.15, -0.1) is 0 Å². The maximum atomic E-state index is 12.7. The van der Waals surface area contributed by atoms with Crippen LogP contribution in [0.2, 0.25) is 0 Å².